The second kappa shape index (κ2) is 13.5. The number of nitrogens with one attached hydrogen (secondary N) is 2. The molecule has 2 amide bonds. The number of rotatable bonds is 7. The molecule has 238 valence electrons. The van der Waals surface area contributed by atoms with Gasteiger partial charge in [0.2, 0.25) is 11.9 Å². The summed E-state index contributed by atoms with van der Waals surface area (Å²) in [6.07, 6.45) is 6.05. The lowest BCUT2D eigenvalue weighted by Crippen LogP contribution is -2.47. The minimum atomic E-state index is -0.736. The van der Waals surface area contributed by atoms with Crippen LogP contribution >= 0.6 is 11.6 Å². The number of carbonyl (C=O) groups excluding carboxylic acids is 2. The number of aromatic nitrogens is 2. The summed E-state index contributed by atoms with van der Waals surface area (Å²) in [5.74, 6) is -1.30. The maximum atomic E-state index is 13.8. The topological polar surface area (TPSA) is 96.9 Å². The van der Waals surface area contributed by atoms with Gasteiger partial charge >= 0.3 is 0 Å². The SMILES string of the molecule is CN1CCN(C(=O)c2cc(NC(=O)[C@@H]3CCCN3c3nc(Nc4cc(F)cc(F)c4)ncc3Cl)ccc2N2CCCCC2)CC1. The van der Waals surface area contributed by atoms with E-state index in [0.717, 1.165) is 69.3 Å². The van der Waals surface area contributed by atoms with Crippen LogP contribution in [0.4, 0.5) is 37.6 Å². The van der Waals surface area contributed by atoms with Crippen LogP contribution in [-0.2, 0) is 4.79 Å². The number of benzene rings is 2. The van der Waals surface area contributed by atoms with E-state index in [4.69, 9.17) is 11.6 Å². The highest BCUT2D eigenvalue weighted by atomic mass is 35.5. The number of nitrogens with zero attached hydrogens (tertiary/aromatic N) is 6. The van der Waals surface area contributed by atoms with E-state index in [9.17, 15) is 18.4 Å². The Morgan fingerprint density at radius 1 is 0.889 bits per heavy atom. The number of hydrogen-bond acceptors (Lipinski definition) is 8. The second-order valence-electron chi connectivity index (χ2n) is 11.9. The van der Waals surface area contributed by atoms with Crippen molar-refractivity contribution in [1.29, 1.82) is 0 Å². The van der Waals surface area contributed by atoms with E-state index in [1.54, 1.807) is 6.07 Å². The molecule has 0 radical (unpaired) electrons. The zero-order valence-electron chi connectivity index (χ0n) is 25.2. The number of halogens is 3. The van der Waals surface area contributed by atoms with Crippen LogP contribution in [0.3, 0.4) is 0 Å². The summed E-state index contributed by atoms with van der Waals surface area (Å²) in [7, 11) is 2.06. The molecule has 0 aliphatic carbocycles. The molecule has 3 aliphatic heterocycles. The van der Waals surface area contributed by atoms with Gasteiger partial charge in [-0.3, -0.25) is 9.59 Å². The predicted molar refractivity (Wildman–Crippen MR) is 172 cm³/mol. The lowest BCUT2D eigenvalue weighted by atomic mass is 10.0. The maximum Gasteiger partial charge on any atom is 0.256 e. The van der Waals surface area contributed by atoms with Crippen molar-refractivity contribution in [2.45, 2.75) is 38.1 Å². The molecule has 3 aromatic rings. The van der Waals surface area contributed by atoms with Crippen molar-refractivity contribution in [3.63, 3.8) is 0 Å². The van der Waals surface area contributed by atoms with E-state index >= 15 is 0 Å². The van der Waals surface area contributed by atoms with Crippen molar-refractivity contribution in [3.05, 3.63) is 64.8 Å². The fourth-order valence-electron chi connectivity index (χ4n) is 6.27. The highest BCUT2D eigenvalue weighted by Crippen LogP contribution is 2.33. The largest absolute Gasteiger partial charge is 0.371 e. The Morgan fingerprint density at radius 3 is 2.36 bits per heavy atom. The van der Waals surface area contributed by atoms with E-state index < -0.39 is 17.7 Å². The Bertz CT molecular complexity index is 1540. The summed E-state index contributed by atoms with van der Waals surface area (Å²) in [6.45, 7) is 5.29. The van der Waals surface area contributed by atoms with Crippen molar-refractivity contribution >= 4 is 52.2 Å². The summed E-state index contributed by atoms with van der Waals surface area (Å²) >= 11 is 6.49. The molecule has 4 heterocycles. The number of piperidine rings is 1. The summed E-state index contributed by atoms with van der Waals surface area (Å²) in [6, 6.07) is 8.08. The molecule has 3 saturated heterocycles. The maximum absolute atomic E-state index is 13.8. The van der Waals surface area contributed by atoms with Crippen LogP contribution in [0.1, 0.15) is 42.5 Å². The Hall–Kier alpha value is -4.03. The van der Waals surface area contributed by atoms with Gasteiger partial charge in [0.1, 0.15) is 22.7 Å². The Kier molecular flexibility index (Phi) is 9.32. The number of anilines is 5. The van der Waals surface area contributed by atoms with Gasteiger partial charge in [-0.25, -0.2) is 13.8 Å². The molecule has 10 nitrogen and oxygen atoms in total. The van der Waals surface area contributed by atoms with Crippen LogP contribution in [0, 0.1) is 11.6 Å². The third kappa shape index (κ3) is 7.12. The van der Waals surface area contributed by atoms with Gasteiger partial charge in [0.05, 0.1) is 11.8 Å². The van der Waals surface area contributed by atoms with Crippen molar-refractivity contribution < 1.29 is 18.4 Å². The lowest BCUT2D eigenvalue weighted by molar-refractivity contribution is -0.117. The third-order valence-electron chi connectivity index (χ3n) is 8.65. The van der Waals surface area contributed by atoms with Gasteiger partial charge in [0, 0.05) is 68.9 Å². The van der Waals surface area contributed by atoms with Gasteiger partial charge in [0.25, 0.3) is 5.91 Å². The number of carbonyl (C=O) groups is 2. The molecule has 6 rings (SSSR count). The van der Waals surface area contributed by atoms with Crippen LogP contribution < -0.4 is 20.4 Å². The quantitative estimate of drug-likeness (QED) is 0.368. The van der Waals surface area contributed by atoms with E-state index in [2.05, 4.69) is 37.4 Å². The first-order chi connectivity index (χ1) is 21.7. The van der Waals surface area contributed by atoms with Crippen LogP contribution in [-0.4, -0.2) is 90.5 Å². The first-order valence-corrected chi connectivity index (χ1v) is 15.8. The van der Waals surface area contributed by atoms with Crippen molar-refractivity contribution in [2.75, 3.05) is 73.3 Å². The van der Waals surface area contributed by atoms with Gasteiger partial charge in [-0.15, -0.1) is 0 Å². The van der Waals surface area contributed by atoms with Gasteiger partial charge in [0.15, 0.2) is 5.82 Å². The van der Waals surface area contributed by atoms with E-state index in [0.29, 0.717) is 43.1 Å². The van der Waals surface area contributed by atoms with Crippen LogP contribution in [0.2, 0.25) is 5.02 Å². The van der Waals surface area contributed by atoms with Gasteiger partial charge in [-0.2, -0.15) is 4.98 Å². The highest BCUT2D eigenvalue weighted by molar-refractivity contribution is 6.33. The molecule has 2 aromatic carbocycles. The molecule has 2 N–H and O–H groups in total. The standard InChI is InChI=1S/C32H37ClF2N8O2/c1-40-12-14-42(15-13-40)31(45)25-19-23(7-8-27(25)41-9-3-2-4-10-41)37-30(44)28-6-5-11-43(28)29-26(33)20-36-32(39-29)38-24-17-21(34)16-22(35)18-24/h7-8,16-20,28H,2-6,9-15H2,1H3,(H,37,44)(H,36,38,39)/t28-/m0/s1. The van der Waals surface area contributed by atoms with E-state index in [1.807, 2.05) is 21.9 Å². The number of amides is 2. The predicted octanol–water partition coefficient (Wildman–Crippen LogP) is 5.14. The van der Waals surface area contributed by atoms with Crippen LogP contribution in [0.25, 0.3) is 0 Å². The number of hydrogen-bond donors (Lipinski definition) is 2. The fraction of sp³-hybridized carbons (Fsp3) is 0.438. The van der Waals surface area contributed by atoms with Crippen LogP contribution in [0.15, 0.2) is 42.6 Å². The molecule has 0 bridgehead atoms. The first kappa shape index (κ1) is 31.0. The molecule has 0 unspecified atom stereocenters. The summed E-state index contributed by atoms with van der Waals surface area (Å²) < 4.78 is 27.4. The molecule has 13 heteroatoms. The number of piperazine rings is 1. The molecule has 1 aromatic heterocycles. The molecule has 3 fully saturated rings. The zero-order chi connectivity index (χ0) is 31.5. The highest BCUT2D eigenvalue weighted by Gasteiger charge is 2.34. The average Bonchev–Trinajstić information content (AvgIpc) is 3.52. The van der Waals surface area contributed by atoms with Gasteiger partial charge < -0.3 is 30.2 Å². The third-order valence-corrected chi connectivity index (χ3v) is 8.92. The molecule has 0 saturated carbocycles. The lowest BCUT2D eigenvalue weighted by Gasteiger charge is -2.35. The monoisotopic (exact) mass is 638 g/mol. The Labute approximate surface area is 266 Å². The smallest absolute Gasteiger partial charge is 0.256 e. The molecular weight excluding hydrogens is 602 g/mol. The average molecular weight is 639 g/mol. The van der Waals surface area contributed by atoms with Crippen molar-refractivity contribution in [3.8, 4) is 0 Å². The molecular formula is C32H37ClF2N8O2. The number of likely N-dealkylation sites (N-methyl/N-ethyl adjacent to an activating group) is 1. The second-order valence-corrected chi connectivity index (χ2v) is 12.3. The molecule has 0 spiro atoms. The molecule has 3 aliphatic rings. The minimum Gasteiger partial charge on any atom is -0.371 e. The van der Waals surface area contributed by atoms with E-state index in [-0.39, 0.29) is 28.5 Å². The minimum absolute atomic E-state index is 0.0201. The first-order valence-electron chi connectivity index (χ1n) is 15.4. The van der Waals surface area contributed by atoms with Gasteiger partial charge in [-0.05, 0) is 69.5 Å². The summed E-state index contributed by atoms with van der Waals surface area (Å²) in [5, 5.41) is 6.10. The zero-order valence-corrected chi connectivity index (χ0v) is 26.0. The van der Waals surface area contributed by atoms with Gasteiger partial charge in [-0.1, -0.05) is 11.6 Å². The van der Waals surface area contributed by atoms with Crippen molar-refractivity contribution in [2.24, 2.45) is 0 Å². The normalized spacial score (nSPS) is 19.1. The summed E-state index contributed by atoms with van der Waals surface area (Å²) in [4.78, 5) is 44.4. The van der Waals surface area contributed by atoms with Crippen LogP contribution in [0.5, 0.6) is 0 Å². The molecule has 1 atom stereocenters. The van der Waals surface area contributed by atoms with E-state index in [1.165, 1.54) is 12.6 Å². The van der Waals surface area contributed by atoms with Crippen molar-refractivity contribution in [1.82, 2.24) is 19.8 Å². The fourth-order valence-corrected chi connectivity index (χ4v) is 6.47. The summed E-state index contributed by atoms with van der Waals surface area (Å²) in [5.41, 5.74) is 2.21. The Balaban J connectivity index is 1.22. The molecule has 45 heavy (non-hydrogen) atoms. The Morgan fingerprint density at radius 2 is 1.62 bits per heavy atom.